The van der Waals surface area contributed by atoms with Crippen LogP contribution >= 0.6 is 22.9 Å². The van der Waals surface area contributed by atoms with Crippen molar-refractivity contribution < 1.29 is 8.42 Å². The lowest BCUT2D eigenvalue weighted by Crippen LogP contribution is -2.01. The predicted octanol–water partition coefficient (Wildman–Crippen LogP) is 2.81. The van der Waals surface area contributed by atoms with Crippen molar-refractivity contribution in [3.05, 3.63) is 39.8 Å². The molecule has 0 saturated carbocycles. The molecule has 0 aliphatic heterocycles. The van der Waals surface area contributed by atoms with Crippen LogP contribution in [0.15, 0.2) is 35.4 Å². The zero-order valence-corrected chi connectivity index (χ0v) is 11.9. The van der Waals surface area contributed by atoms with E-state index < -0.39 is 9.84 Å². The number of sulfone groups is 1. The molecule has 0 radical (unpaired) electrons. The van der Waals surface area contributed by atoms with E-state index in [4.69, 9.17) is 11.6 Å². The standard InChI is InChI=1S/C11H11ClN2O2S2/c1-18(15,16)9-4-2-3-8(5-9)13-7-11-14-6-10(12)17-11/h2-6,13H,7H2,1H3. The SMILES string of the molecule is CS(=O)(=O)c1cccc(NCc2ncc(Cl)s2)c1. The lowest BCUT2D eigenvalue weighted by molar-refractivity contribution is 0.602. The number of aromatic nitrogens is 1. The van der Waals surface area contributed by atoms with Crippen LogP contribution in [-0.2, 0) is 16.4 Å². The first-order valence-corrected chi connectivity index (χ1v) is 8.18. The Labute approximate surface area is 115 Å². The summed E-state index contributed by atoms with van der Waals surface area (Å²) >= 11 is 7.17. The largest absolute Gasteiger partial charge is 0.378 e. The van der Waals surface area contributed by atoms with Crippen LogP contribution in [0.5, 0.6) is 0 Å². The second kappa shape index (κ2) is 5.26. The van der Waals surface area contributed by atoms with Crippen molar-refractivity contribution in [3.8, 4) is 0 Å². The van der Waals surface area contributed by atoms with E-state index >= 15 is 0 Å². The van der Waals surface area contributed by atoms with E-state index in [-0.39, 0.29) is 0 Å². The summed E-state index contributed by atoms with van der Waals surface area (Å²) in [6.45, 7) is 0.518. The Morgan fingerprint density at radius 2 is 2.22 bits per heavy atom. The van der Waals surface area contributed by atoms with Gasteiger partial charge in [0.25, 0.3) is 0 Å². The number of rotatable bonds is 4. The molecule has 0 spiro atoms. The molecule has 1 aromatic heterocycles. The quantitative estimate of drug-likeness (QED) is 0.943. The third-order valence-electron chi connectivity index (χ3n) is 2.23. The number of nitrogens with one attached hydrogen (secondary N) is 1. The molecule has 96 valence electrons. The fourth-order valence-electron chi connectivity index (χ4n) is 1.38. The van der Waals surface area contributed by atoms with Gasteiger partial charge in [-0.3, -0.25) is 0 Å². The van der Waals surface area contributed by atoms with Gasteiger partial charge in [0.2, 0.25) is 0 Å². The van der Waals surface area contributed by atoms with E-state index in [1.165, 1.54) is 17.6 Å². The van der Waals surface area contributed by atoms with Crippen LogP contribution in [0.3, 0.4) is 0 Å². The lowest BCUT2D eigenvalue weighted by atomic mass is 10.3. The van der Waals surface area contributed by atoms with Gasteiger partial charge in [-0.15, -0.1) is 11.3 Å². The van der Waals surface area contributed by atoms with Gasteiger partial charge >= 0.3 is 0 Å². The normalized spacial score (nSPS) is 11.4. The van der Waals surface area contributed by atoms with E-state index in [1.807, 2.05) is 6.07 Å². The van der Waals surface area contributed by atoms with Crippen LogP contribution in [0.25, 0.3) is 0 Å². The van der Waals surface area contributed by atoms with Crippen molar-refractivity contribution in [1.29, 1.82) is 0 Å². The summed E-state index contributed by atoms with van der Waals surface area (Å²) < 4.78 is 23.5. The second-order valence-electron chi connectivity index (χ2n) is 3.71. The third kappa shape index (κ3) is 3.44. The Kier molecular flexibility index (Phi) is 3.89. The Balaban J connectivity index is 2.11. The van der Waals surface area contributed by atoms with E-state index in [9.17, 15) is 8.42 Å². The molecule has 0 aliphatic carbocycles. The smallest absolute Gasteiger partial charge is 0.175 e. The van der Waals surface area contributed by atoms with Crippen molar-refractivity contribution >= 4 is 38.5 Å². The minimum atomic E-state index is -3.18. The van der Waals surface area contributed by atoms with Crippen molar-refractivity contribution in [1.82, 2.24) is 4.98 Å². The maximum absolute atomic E-state index is 11.4. The molecule has 0 fully saturated rings. The molecule has 0 bridgehead atoms. The topological polar surface area (TPSA) is 59.1 Å². The number of hydrogen-bond donors (Lipinski definition) is 1. The summed E-state index contributed by atoms with van der Waals surface area (Å²) in [5, 5.41) is 3.96. The molecule has 18 heavy (non-hydrogen) atoms. The highest BCUT2D eigenvalue weighted by Gasteiger charge is 2.07. The van der Waals surface area contributed by atoms with Gasteiger partial charge in [-0.25, -0.2) is 13.4 Å². The summed E-state index contributed by atoms with van der Waals surface area (Å²) in [6, 6.07) is 6.68. The minimum absolute atomic E-state index is 0.296. The molecule has 0 unspecified atom stereocenters. The van der Waals surface area contributed by atoms with Crippen LogP contribution in [0, 0.1) is 0 Å². The van der Waals surface area contributed by atoms with Crippen LogP contribution < -0.4 is 5.32 Å². The highest BCUT2D eigenvalue weighted by molar-refractivity contribution is 7.90. The molecule has 0 amide bonds. The number of benzene rings is 1. The van der Waals surface area contributed by atoms with E-state index in [1.54, 1.807) is 24.4 Å². The minimum Gasteiger partial charge on any atom is -0.378 e. The first-order chi connectivity index (χ1) is 8.45. The maximum atomic E-state index is 11.4. The van der Waals surface area contributed by atoms with E-state index in [0.29, 0.717) is 15.8 Å². The molecule has 1 aromatic carbocycles. The van der Waals surface area contributed by atoms with Crippen LogP contribution in [0.4, 0.5) is 5.69 Å². The molecule has 4 nitrogen and oxygen atoms in total. The summed E-state index contributed by atoms with van der Waals surface area (Å²) in [5.74, 6) is 0. The predicted molar refractivity (Wildman–Crippen MR) is 74.0 cm³/mol. The average molecular weight is 303 g/mol. The van der Waals surface area contributed by atoms with Gasteiger partial charge in [0.1, 0.15) is 9.34 Å². The lowest BCUT2D eigenvalue weighted by Gasteiger charge is -2.05. The highest BCUT2D eigenvalue weighted by atomic mass is 35.5. The van der Waals surface area contributed by atoms with Crippen molar-refractivity contribution in [2.45, 2.75) is 11.4 Å². The zero-order chi connectivity index (χ0) is 13.2. The molecule has 2 aromatic rings. The summed E-state index contributed by atoms with van der Waals surface area (Å²) in [4.78, 5) is 4.40. The van der Waals surface area contributed by atoms with Crippen molar-refractivity contribution in [2.24, 2.45) is 0 Å². The molecule has 2 rings (SSSR count). The Morgan fingerprint density at radius 3 is 2.83 bits per heavy atom. The van der Waals surface area contributed by atoms with Crippen LogP contribution in [0.2, 0.25) is 4.34 Å². The Hall–Kier alpha value is -1.11. The number of thiazole rings is 1. The number of halogens is 1. The van der Waals surface area contributed by atoms with Gasteiger partial charge in [0.05, 0.1) is 17.6 Å². The fourth-order valence-corrected chi connectivity index (χ4v) is 2.95. The molecule has 1 heterocycles. The first-order valence-electron chi connectivity index (χ1n) is 5.09. The second-order valence-corrected chi connectivity index (χ2v) is 7.47. The number of hydrogen-bond acceptors (Lipinski definition) is 5. The van der Waals surface area contributed by atoms with Gasteiger partial charge in [-0.1, -0.05) is 17.7 Å². The molecule has 7 heteroatoms. The molecule has 0 aliphatic rings. The number of nitrogens with zero attached hydrogens (tertiary/aromatic N) is 1. The summed E-state index contributed by atoms with van der Waals surface area (Å²) in [6.07, 6.45) is 2.78. The fraction of sp³-hybridized carbons (Fsp3) is 0.182. The number of anilines is 1. The van der Waals surface area contributed by atoms with Crippen LogP contribution in [0.1, 0.15) is 5.01 Å². The van der Waals surface area contributed by atoms with Gasteiger partial charge in [-0.05, 0) is 18.2 Å². The Bertz CT molecular complexity index is 653. The monoisotopic (exact) mass is 302 g/mol. The molecule has 0 saturated heterocycles. The average Bonchev–Trinajstić information content (AvgIpc) is 2.72. The van der Waals surface area contributed by atoms with Gasteiger partial charge in [0.15, 0.2) is 9.84 Å². The zero-order valence-electron chi connectivity index (χ0n) is 9.55. The molecule has 1 N–H and O–H groups in total. The van der Waals surface area contributed by atoms with Crippen molar-refractivity contribution in [2.75, 3.05) is 11.6 Å². The molecule has 0 atom stereocenters. The highest BCUT2D eigenvalue weighted by Crippen LogP contribution is 2.20. The van der Waals surface area contributed by atoms with Crippen molar-refractivity contribution in [3.63, 3.8) is 0 Å². The van der Waals surface area contributed by atoms with Gasteiger partial charge in [-0.2, -0.15) is 0 Å². The Morgan fingerprint density at radius 1 is 1.44 bits per heavy atom. The third-order valence-corrected chi connectivity index (χ3v) is 4.46. The van der Waals surface area contributed by atoms with Crippen LogP contribution in [-0.4, -0.2) is 19.7 Å². The maximum Gasteiger partial charge on any atom is 0.175 e. The first kappa shape index (κ1) is 13.3. The molecular weight excluding hydrogens is 292 g/mol. The van der Waals surface area contributed by atoms with E-state index in [0.717, 1.165) is 10.7 Å². The van der Waals surface area contributed by atoms with Gasteiger partial charge < -0.3 is 5.32 Å². The van der Waals surface area contributed by atoms with E-state index in [2.05, 4.69) is 10.3 Å². The van der Waals surface area contributed by atoms with Gasteiger partial charge in [0, 0.05) is 11.9 Å². The molecular formula is C11H11ClN2O2S2. The summed E-state index contributed by atoms with van der Waals surface area (Å²) in [7, 11) is -3.18. The summed E-state index contributed by atoms with van der Waals surface area (Å²) in [5.41, 5.74) is 0.740.